The van der Waals surface area contributed by atoms with E-state index in [-0.39, 0.29) is 6.61 Å². The van der Waals surface area contributed by atoms with E-state index in [4.69, 9.17) is 19.1 Å². The lowest BCUT2D eigenvalue weighted by molar-refractivity contribution is 0.229. The van der Waals surface area contributed by atoms with Gasteiger partial charge in [0.2, 0.25) is 0 Å². The van der Waals surface area contributed by atoms with E-state index in [1.54, 1.807) is 32.4 Å². The summed E-state index contributed by atoms with van der Waals surface area (Å²) in [5.41, 5.74) is 1.49. The highest BCUT2D eigenvalue weighted by molar-refractivity contribution is 5.63. The van der Waals surface area contributed by atoms with E-state index in [0.29, 0.717) is 23.0 Å². The predicted octanol–water partition coefficient (Wildman–Crippen LogP) is 1.85. The first kappa shape index (κ1) is 11.5. The average molecular weight is 235 g/mol. The van der Waals surface area contributed by atoms with Crippen LogP contribution in [0, 0.1) is 0 Å². The van der Waals surface area contributed by atoms with E-state index in [1.165, 1.54) is 0 Å². The number of rotatable bonds is 4. The lowest BCUT2D eigenvalue weighted by Crippen LogP contribution is -1.90. The van der Waals surface area contributed by atoms with Crippen molar-refractivity contribution < 1.29 is 19.1 Å². The molecule has 5 heteroatoms. The van der Waals surface area contributed by atoms with Gasteiger partial charge in [0.1, 0.15) is 12.3 Å². The van der Waals surface area contributed by atoms with Crippen LogP contribution in [0.1, 0.15) is 5.76 Å². The van der Waals surface area contributed by atoms with Crippen molar-refractivity contribution in [2.24, 2.45) is 0 Å². The number of methoxy groups -OCH3 is 2. The molecule has 1 aromatic carbocycles. The van der Waals surface area contributed by atoms with E-state index in [2.05, 4.69) is 5.16 Å². The van der Waals surface area contributed by atoms with Crippen molar-refractivity contribution in [3.8, 4) is 22.8 Å². The number of hydrogen-bond donors (Lipinski definition) is 1. The van der Waals surface area contributed by atoms with Crippen molar-refractivity contribution in [1.29, 1.82) is 0 Å². The maximum Gasteiger partial charge on any atom is 0.162 e. The normalized spacial score (nSPS) is 10.3. The number of aliphatic hydroxyl groups excluding tert-OH is 1. The van der Waals surface area contributed by atoms with Crippen LogP contribution in [0.3, 0.4) is 0 Å². The highest BCUT2D eigenvalue weighted by atomic mass is 16.5. The molecule has 0 aliphatic carbocycles. The van der Waals surface area contributed by atoms with Crippen LogP contribution in [0.25, 0.3) is 11.3 Å². The number of ether oxygens (including phenoxy) is 2. The maximum absolute atomic E-state index is 8.90. The van der Waals surface area contributed by atoms with Crippen LogP contribution in [0.15, 0.2) is 28.8 Å². The highest BCUT2D eigenvalue weighted by Gasteiger charge is 2.09. The second kappa shape index (κ2) is 4.88. The smallest absolute Gasteiger partial charge is 0.162 e. The lowest BCUT2D eigenvalue weighted by Gasteiger charge is -2.07. The maximum atomic E-state index is 8.90. The van der Waals surface area contributed by atoms with E-state index in [0.717, 1.165) is 5.56 Å². The van der Waals surface area contributed by atoms with E-state index in [9.17, 15) is 0 Å². The van der Waals surface area contributed by atoms with Crippen LogP contribution in [0.5, 0.6) is 11.5 Å². The molecule has 1 heterocycles. The molecule has 0 saturated carbocycles. The molecule has 0 aliphatic heterocycles. The van der Waals surface area contributed by atoms with Crippen LogP contribution in [0.2, 0.25) is 0 Å². The van der Waals surface area contributed by atoms with Gasteiger partial charge >= 0.3 is 0 Å². The Morgan fingerprint density at radius 3 is 2.53 bits per heavy atom. The van der Waals surface area contributed by atoms with Crippen LogP contribution in [-0.4, -0.2) is 24.5 Å². The zero-order valence-electron chi connectivity index (χ0n) is 9.64. The SMILES string of the molecule is COc1ccc(-c2cc(CO)on2)cc1OC. The Kier molecular flexibility index (Phi) is 3.30. The molecule has 17 heavy (non-hydrogen) atoms. The van der Waals surface area contributed by atoms with Crippen LogP contribution in [0.4, 0.5) is 0 Å². The second-order valence-corrected chi connectivity index (χ2v) is 3.41. The molecule has 0 aliphatic rings. The van der Waals surface area contributed by atoms with Gasteiger partial charge in [-0.05, 0) is 18.2 Å². The summed E-state index contributed by atoms with van der Waals surface area (Å²) in [5.74, 6) is 1.70. The van der Waals surface area contributed by atoms with Gasteiger partial charge in [-0.25, -0.2) is 0 Å². The molecule has 0 fully saturated rings. The first-order valence-electron chi connectivity index (χ1n) is 5.07. The van der Waals surface area contributed by atoms with Crippen molar-refractivity contribution in [3.63, 3.8) is 0 Å². The quantitative estimate of drug-likeness (QED) is 0.876. The van der Waals surface area contributed by atoms with Crippen molar-refractivity contribution >= 4 is 0 Å². The van der Waals surface area contributed by atoms with Gasteiger partial charge in [-0.3, -0.25) is 0 Å². The van der Waals surface area contributed by atoms with Gasteiger partial charge in [0.25, 0.3) is 0 Å². The van der Waals surface area contributed by atoms with Gasteiger partial charge in [-0.2, -0.15) is 0 Å². The second-order valence-electron chi connectivity index (χ2n) is 3.41. The Morgan fingerprint density at radius 1 is 1.18 bits per heavy atom. The largest absolute Gasteiger partial charge is 0.493 e. The first-order valence-corrected chi connectivity index (χ1v) is 5.07. The third kappa shape index (κ3) is 2.24. The summed E-state index contributed by atoms with van der Waals surface area (Å²) >= 11 is 0. The van der Waals surface area contributed by atoms with Crippen LogP contribution in [-0.2, 0) is 6.61 Å². The highest BCUT2D eigenvalue weighted by Crippen LogP contribution is 2.31. The standard InChI is InChI=1S/C12H13NO4/c1-15-11-4-3-8(5-12(11)16-2)10-6-9(7-14)17-13-10/h3-6,14H,7H2,1-2H3. The van der Waals surface area contributed by atoms with Crippen molar-refractivity contribution in [2.75, 3.05) is 14.2 Å². The molecule has 90 valence electrons. The number of hydrogen-bond acceptors (Lipinski definition) is 5. The molecule has 0 amide bonds. The number of nitrogens with zero attached hydrogens (tertiary/aromatic N) is 1. The summed E-state index contributed by atoms with van der Waals surface area (Å²) < 4.78 is 15.3. The fourth-order valence-electron chi connectivity index (χ4n) is 1.52. The number of benzene rings is 1. The summed E-state index contributed by atoms with van der Waals surface area (Å²) in [4.78, 5) is 0. The minimum Gasteiger partial charge on any atom is -0.493 e. The molecular formula is C12H13NO4. The van der Waals surface area contributed by atoms with Crippen molar-refractivity contribution in [2.45, 2.75) is 6.61 Å². The molecule has 2 rings (SSSR count). The molecule has 0 radical (unpaired) electrons. The number of aliphatic hydroxyl groups is 1. The summed E-state index contributed by atoms with van der Waals surface area (Å²) in [5, 5.41) is 12.8. The zero-order chi connectivity index (χ0) is 12.3. The topological polar surface area (TPSA) is 64.7 Å². The molecule has 0 spiro atoms. The Labute approximate surface area is 98.6 Å². The Balaban J connectivity index is 2.38. The van der Waals surface area contributed by atoms with Crippen molar-refractivity contribution in [1.82, 2.24) is 5.16 Å². The fourth-order valence-corrected chi connectivity index (χ4v) is 1.52. The summed E-state index contributed by atoms with van der Waals surface area (Å²) in [6, 6.07) is 7.13. The Morgan fingerprint density at radius 2 is 1.94 bits per heavy atom. The molecule has 1 N–H and O–H groups in total. The third-order valence-corrected chi connectivity index (χ3v) is 2.39. The molecule has 0 unspecified atom stereocenters. The lowest BCUT2D eigenvalue weighted by atomic mass is 10.1. The van der Waals surface area contributed by atoms with Gasteiger partial charge < -0.3 is 19.1 Å². The monoisotopic (exact) mass is 235 g/mol. The van der Waals surface area contributed by atoms with E-state index < -0.39 is 0 Å². The van der Waals surface area contributed by atoms with Crippen LogP contribution >= 0.6 is 0 Å². The van der Waals surface area contributed by atoms with Crippen molar-refractivity contribution in [3.05, 3.63) is 30.0 Å². The Hall–Kier alpha value is -2.01. The summed E-state index contributed by atoms with van der Waals surface area (Å²) in [7, 11) is 3.15. The minimum atomic E-state index is -0.166. The molecule has 2 aromatic rings. The molecule has 0 saturated heterocycles. The molecule has 0 bridgehead atoms. The van der Waals surface area contributed by atoms with Crippen LogP contribution < -0.4 is 9.47 Å². The van der Waals surface area contributed by atoms with E-state index >= 15 is 0 Å². The average Bonchev–Trinajstić information content (AvgIpc) is 2.86. The van der Waals surface area contributed by atoms with Gasteiger partial charge in [0.05, 0.1) is 14.2 Å². The predicted molar refractivity (Wildman–Crippen MR) is 61.0 cm³/mol. The fraction of sp³-hybridized carbons (Fsp3) is 0.250. The van der Waals surface area contributed by atoms with Gasteiger partial charge in [0, 0.05) is 11.6 Å². The summed E-state index contributed by atoms with van der Waals surface area (Å²) in [6.07, 6.45) is 0. The number of aromatic nitrogens is 1. The zero-order valence-corrected chi connectivity index (χ0v) is 9.64. The van der Waals surface area contributed by atoms with Gasteiger partial charge in [-0.1, -0.05) is 5.16 Å². The third-order valence-electron chi connectivity index (χ3n) is 2.39. The van der Waals surface area contributed by atoms with Gasteiger partial charge in [-0.15, -0.1) is 0 Å². The first-order chi connectivity index (χ1) is 8.28. The van der Waals surface area contributed by atoms with Gasteiger partial charge in [0.15, 0.2) is 17.3 Å². The summed E-state index contributed by atoms with van der Waals surface area (Å²) in [6.45, 7) is -0.166. The molecule has 5 nitrogen and oxygen atoms in total. The Bertz CT molecular complexity index is 507. The van der Waals surface area contributed by atoms with E-state index in [1.807, 2.05) is 6.07 Å². The molecule has 0 atom stereocenters. The molecular weight excluding hydrogens is 222 g/mol. The minimum absolute atomic E-state index is 0.166. The molecule has 1 aromatic heterocycles.